The second-order valence-electron chi connectivity index (χ2n) is 4.81. The lowest BCUT2D eigenvalue weighted by Gasteiger charge is -2.22. The SMILES string of the molecule is CC(C)CN(c1nnc(SCC(=O)O)s1)C1CC1. The van der Waals surface area contributed by atoms with Crippen LogP contribution in [0.25, 0.3) is 0 Å². The Hall–Kier alpha value is -0.820. The molecular formula is C11H17N3O2S2. The summed E-state index contributed by atoms with van der Waals surface area (Å²) in [5.74, 6) is -0.190. The molecule has 100 valence electrons. The summed E-state index contributed by atoms with van der Waals surface area (Å²) < 4.78 is 0.738. The predicted molar refractivity (Wildman–Crippen MR) is 73.5 cm³/mol. The topological polar surface area (TPSA) is 66.3 Å². The first-order valence-electron chi connectivity index (χ1n) is 6.01. The van der Waals surface area contributed by atoms with Gasteiger partial charge in [-0.3, -0.25) is 4.79 Å². The van der Waals surface area contributed by atoms with Crippen LogP contribution in [0.4, 0.5) is 5.13 Å². The molecule has 0 unspecified atom stereocenters. The Kier molecular flexibility index (Phi) is 4.45. The van der Waals surface area contributed by atoms with Crippen molar-refractivity contribution in [3.05, 3.63) is 0 Å². The Balaban J connectivity index is 1.99. The maximum atomic E-state index is 10.5. The van der Waals surface area contributed by atoms with Gasteiger partial charge in [-0.2, -0.15) is 0 Å². The highest BCUT2D eigenvalue weighted by molar-refractivity contribution is 8.01. The molecule has 0 bridgehead atoms. The highest BCUT2D eigenvalue weighted by atomic mass is 32.2. The maximum absolute atomic E-state index is 10.5. The lowest BCUT2D eigenvalue weighted by molar-refractivity contribution is -0.133. The Bertz CT molecular complexity index is 418. The first-order valence-corrected chi connectivity index (χ1v) is 7.81. The van der Waals surface area contributed by atoms with E-state index in [1.807, 2.05) is 0 Å². The van der Waals surface area contributed by atoms with Gasteiger partial charge in [0.15, 0.2) is 4.34 Å². The zero-order valence-electron chi connectivity index (χ0n) is 10.5. The molecule has 1 N–H and O–H groups in total. The van der Waals surface area contributed by atoms with Crippen LogP contribution in [0.3, 0.4) is 0 Å². The number of nitrogens with zero attached hydrogens (tertiary/aromatic N) is 3. The summed E-state index contributed by atoms with van der Waals surface area (Å²) in [6, 6.07) is 0.609. The van der Waals surface area contributed by atoms with Crippen molar-refractivity contribution in [2.75, 3.05) is 17.2 Å². The molecule has 0 spiro atoms. The number of carboxylic acids is 1. The van der Waals surface area contributed by atoms with Crippen LogP contribution in [-0.4, -0.2) is 39.6 Å². The van der Waals surface area contributed by atoms with Crippen molar-refractivity contribution < 1.29 is 9.90 Å². The van der Waals surface area contributed by atoms with E-state index in [2.05, 4.69) is 28.9 Å². The molecule has 1 fully saturated rings. The smallest absolute Gasteiger partial charge is 0.313 e. The first kappa shape index (κ1) is 13.6. The van der Waals surface area contributed by atoms with Gasteiger partial charge in [-0.25, -0.2) is 0 Å². The van der Waals surface area contributed by atoms with Gasteiger partial charge in [0.2, 0.25) is 5.13 Å². The minimum Gasteiger partial charge on any atom is -0.481 e. The fraction of sp³-hybridized carbons (Fsp3) is 0.727. The van der Waals surface area contributed by atoms with E-state index in [-0.39, 0.29) is 5.75 Å². The molecule has 1 aromatic rings. The minimum absolute atomic E-state index is 0.0439. The molecular weight excluding hydrogens is 270 g/mol. The number of thioether (sulfide) groups is 1. The van der Waals surface area contributed by atoms with Gasteiger partial charge in [-0.15, -0.1) is 10.2 Å². The van der Waals surface area contributed by atoms with Crippen molar-refractivity contribution in [3.63, 3.8) is 0 Å². The largest absolute Gasteiger partial charge is 0.481 e. The fourth-order valence-corrected chi connectivity index (χ4v) is 3.31. The molecule has 1 aromatic heterocycles. The van der Waals surface area contributed by atoms with Gasteiger partial charge in [0.1, 0.15) is 0 Å². The molecule has 1 saturated carbocycles. The monoisotopic (exact) mass is 287 g/mol. The number of aliphatic carboxylic acids is 1. The number of anilines is 1. The van der Waals surface area contributed by atoms with Crippen LogP contribution in [0.15, 0.2) is 4.34 Å². The Morgan fingerprint density at radius 3 is 2.83 bits per heavy atom. The van der Waals surface area contributed by atoms with Gasteiger partial charge in [-0.1, -0.05) is 36.9 Å². The number of aromatic nitrogens is 2. The molecule has 0 saturated heterocycles. The van der Waals surface area contributed by atoms with Crippen molar-refractivity contribution in [1.29, 1.82) is 0 Å². The predicted octanol–water partition coefficient (Wildman–Crippen LogP) is 2.34. The van der Waals surface area contributed by atoms with Crippen LogP contribution in [0.1, 0.15) is 26.7 Å². The van der Waals surface area contributed by atoms with Gasteiger partial charge in [0.25, 0.3) is 0 Å². The molecule has 0 amide bonds. The number of carbonyl (C=O) groups is 1. The van der Waals surface area contributed by atoms with Crippen LogP contribution in [0.5, 0.6) is 0 Å². The van der Waals surface area contributed by atoms with E-state index in [9.17, 15) is 4.79 Å². The minimum atomic E-state index is -0.821. The van der Waals surface area contributed by atoms with Gasteiger partial charge >= 0.3 is 5.97 Å². The maximum Gasteiger partial charge on any atom is 0.313 e. The third-order valence-corrected chi connectivity index (χ3v) is 4.59. The summed E-state index contributed by atoms with van der Waals surface area (Å²) >= 11 is 2.73. The fourth-order valence-electron chi connectivity index (χ4n) is 1.66. The quantitative estimate of drug-likeness (QED) is 0.776. The lowest BCUT2D eigenvalue weighted by atomic mass is 10.2. The van der Waals surface area contributed by atoms with Crippen LogP contribution in [0.2, 0.25) is 0 Å². The van der Waals surface area contributed by atoms with Crippen LogP contribution >= 0.6 is 23.1 Å². The number of hydrogen-bond donors (Lipinski definition) is 1. The van der Waals surface area contributed by atoms with E-state index in [0.29, 0.717) is 12.0 Å². The zero-order valence-corrected chi connectivity index (χ0v) is 12.1. The molecule has 7 heteroatoms. The van der Waals surface area contributed by atoms with E-state index in [1.165, 1.54) is 35.9 Å². The highest BCUT2D eigenvalue weighted by Crippen LogP contribution is 2.36. The van der Waals surface area contributed by atoms with E-state index in [1.54, 1.807) is 0 Å². The average Bonchev–Trinajstić information content (AvgIpc) is 3.02. The molecule has 5 nitrogen and oxygen atoms in total. The van der Waals surface area contributed by atoms with Crippen molar-refractivity contribution in [3.8, 4) is 0 Å². The molecule has 0 aliphatic heterocycles. The normalized spacial score (nSPS) is 15.1. The van der Waals surface area contributed by atoms with E-state index in [4.69, 9.17) is 5.11 Å². The second kappa shape index (κ2) is 5.88. The van der Waals surface area contributed by atoms with Crippen LogP contribution in [-0.2, 0) is 4.79 Å². The summed E-state index contributed by atoms with van der Waals surface area (Å²) in [6.07, 6.45) is 2.45. The summed E-state index contributed by atoms with van der Waals surface area (Å²) in [6.45, 7) is 5.37. The molecule has 18 heavy (non-hydrogen) atoms. The molecule has 1 heterocycles. The molecule has 1 aliphatic rings. The Morgan fingerprint density at radius 1 is 1.56 bits per heavy atom. The van der Waals surface area contributed by atoms with E-state index < -0.39 is 5.97 Å². The molecule has 2 rings (SSSR count). The Morgan fingerprint density at radius 2 is 2.28 bits per heavy atom. The second-order valence-corrected chi connectivity index (χ2v) is 6.99. The van der Waals surface area contributed by atoms with Crippen molar-refractivity contribution >= 4 is 34.2 Å². The highest BCUT2D eigenvalue weighted by Gasteiger charge is 2.31. The van der Waals surface area contributed by atoms with E-state index in [0.717, 1.165) is 16.0 Å². The number of rotatable bonds is 7. The molecule has 0 atom stereocenters. The van der Waals surface area contributed by atoms with Gasteiger partial charge in [0, 0.05) is 12.6 Å². The third kappa shape index (κ3) is 3.84. The molecule has 0 aromatic carbocycles. The van der Waals surface area contributed by atoms with E-state index >= 15 is 0 Å². The Labute approximate surface area is 115 Å². The zero-order chi connectivity index (χ0) is 13.1. The summed E-state index contributed by atoms with van der Waals surface area (Å²) in [5.41, 5.74) is 0. The van der Waals surface area contributed by atoms with Gasteiger partial charge < -0.3 is 10.0 Å². The first-order chi connectivity index (χ1) is 8.56. The average molecular weight is 287 g/mol. The van der Waals surface area contributed by atoms with Crippen molar-refractivity contribution in [2.45, 2.75) is 37.1 Å². The summed E-state index contributed by atoms with van der Waals surface area (Å²) in [7, 11) is 0. The van der Waals surface area contributed by atoms with Gasteiger partial charge in [-0.05, 0) is 18.8 Å². The van der Waals surface area contributed by atoms with Crippen molar-refractivity contribution in [2.24, 2.45) is 5.92 Å². The number of hydrogen-bond acceptors (Lipinski definition) is 6. The number of carboxylic acid groups (broad SMARTS) is 1. The van der Waals surface area contributed by atoms with Gasteiger partial charge in [0.05, 0.1) is 5.75 Å². The summed E-state index contributed by atoms with van der Waals surface area (Å²) in [5, 5.41) is 17.8. The van der Waals surface area contributed by atoms with Crippen LogP contribution in [0, 0.1) is 5.92 Å². The van der Waals surface area contributed by atoms with Crippen molar-refractivity contribution in [1.82, 2.24) is 10.2 Å². The lowest BCUT2D eigenvalue weighted by Crippen LogP contribution is -2.29. The third-order valence-electron chi connectivity index (χ3n) is 2.51. The molecule has 0 radical (unpaired) electrons. The summed E-state index contributed by atoms with van der Waals surface area (Å²) in [4.78, 5) is 12.8. The molecule has 1 aliphatic carbocycles. The van der Waals surface area contributed by atoms with Crippen LogP contribution < -0.4 is 4.90 Å². The standard InChI is InChI=1S/C11H17N3O2S2/c1-7(2)5-14(8-3-4-8)10-12-13-11(18-10)17-6-9(15)16/h7-8H,3-6H2,1-2H3,(H,15,16).